The Balaban J connectivity index is 1.45. The van der Waals surface area contributed by atoms with Gasteiger partial charge in [-0.1, -0.05) is 0 Å². The Morgan fingerprint density at radius 3 is 2.74 bits per heavy atom. The van der Waals surface area contributed by atoms with E-state index in [2.05, 4.69) is 25.8 Å². The van der Waals surface area contributed by atoms with Gasteiger partial charge in [0.1, 0.15) is 17.2 Å². The van der Waals surface area contributed by atoms with Gasteiger partial charge in [0.15, 0.2) is 9.84 Å². The van der Waals surface area contributed by atoms with E-state index in [-0.39, 0.29) is 17.1 Å². The summed E-state index contributed by atoms with van der Waals surface area (Å²) >= 11 is 0. The number of aromatic nitrogens is 3. The zero-order valence-electron chi connectivity index (χ0n) is 17.8. The van der Waals surface area contributed by atoms with Crippen LogP contribution in [-0.2, 0) is 25.9 Å². The Hall–Kier alpha value is -2.66. The van der Waals surface area contributed by atoms with E-state index in [0.29, 0.717) is 36.9 Å². The summed E-state index contributed by atoms with van der Waals surface area (Å²) in [6.45, 7) is 2.92. The van der Waals surface area contributed by atoms with Crippen molar-refractivity contribution in [3.05, 3.63) is 30.1 Å². The van der Waals surface area contributed by atoms with Gasteiger partial charge >= 0.3 is 6.09 Å². The average Bonchev–Trinajstić information content (AvgIpc) is 3.35. The van der Waals surface area contributed by atoms with Crippen LogP contribution in [0.5, 0.6) is 0 Å². The molecule has 2 aromatic rings. The molecule has 1 aliphatic carbocycles. The zero-order valence-corrected chi connectivity index (χ0v) is 18.6. The first-order chi connectivity index (χ1) is 14.7. The van der Waals surface area contributed by atoms with Crippen molar-refractivity contribution in [3.63, 3.8) is 0 Å². The lowest BCUT2D eigenvalue weighted by atomic mass is 10.1. The zero-order chi connectivity index (χ0) is 22.3. The summed E-state index contributed by atoms with van der Waals surface area (Å²) in [6, 6.07) is 4.65. The second-order valence-corrected chi connectivity index (χ2v) is 9.94. The number of nitrogens with zero attached hydrogens (tertiary/aromatic N) is 2. The standard InChI is InChI=1S/C20H29N5O5S/c1-20(7-3-4-8-20)30-19(26)21-9-5-11-29-14-15-12-16(31(2,27)28)13-18(23-15)24-17-6-10-22-25-17/h6,10,12-13H,3-5,7-9,11,14H2,1-2H3,(H,21,26)(H2,22,23,24,25). The largest absolute Gasteiger partial charge is 0.443 e. The first-order valence-corrected chi connectivity index (χ1v) is 12.1. The van der Waals surface area contributed by atoms with Crippen molar-refractivity contribution >= 4 is 27.6 Å². The molecule has 11 heteroatoms. The molecule has 1 fully saturated rings. The number of aromatic amines is 1. The van der Waals surface area contributed by atoms with Crippen LogP contribution in [-0.4, -0.2) is 54.7 Å². The van der Waals surface area contributed by atoms with Gasteiger partial charge in [0.2, 0.25) is 0 Å². The van der Waals surface area contributed by atoms with Crippen molar-refractivity contribution in [1.29, 1.82) is 0 Å². The van der Waals surface area contributed by atoms with Crippen LogP contribution in [0.4, 0.5) is 16.4 Å². The lowest BCUT2D eigenvalue weighted by molar-refractivity contribution is 0.0298. The van der Waals surface area contributed by atoms with Crippen molar-refractivity contribution in [1.82, 2.24) is 20.5 Å². The van der Waals surface area contributed by atoms with Crippen LogP contribution in [0, 0.1) is 0 Å². The number of sulfone groups is 1. The van der Waals surface area contributed by atoms with E-state index in [1.165, 1.54) is 12.1 Å². The number of pyridine rings is 1. The van der Waals surface area contributed by atoms with Gasteiger partial charge in [0, 0.05) is 25.5 Å². The molecule has 0 bridgehead atoms. The highest BCUT2D eigenvalue weighted by Gasteiger charge is 2.32. The van der Waals surface area contributed by atoms with Gasteiger partial charge in [-0.15, -0.1) is 0 Å². The number of ether oxygens (including phenoxy) is 2. The molecule has 0 atom stereocenters. The van der Waals surface area contributed by atoms with Gasteiger partial charge in [0.05, 0.1) is 23.4 Å². The molecule has 1 aliphatic rings. The Labute approximate surface area is 182 Å². The highest BCUT2D eigenvalue weighted by atomic mass is 32.2. The van der Waals surface area contributed by atoms with E-state index in [1.807, 2.05) is 6.92 Å². The third kappa shape index (κ3) is 7.21. The van der Waals surface area contributed by atoms with E-state index >= 15 is 0 Å². The van der Waals surface area contributed by atoms with E-state index < -0.39 is 15.9 Å². The van der Waals surface area contributed by atoms with Gasteiger partial charge in [-0.05, 0) is 51.2 Å². The highest BCUT2D eigenvalue weighted by Crippen LogP contribution is 2.32. The molecule has 0 unspecified atom stereocenters. The second-order valence-electron chi connectivity index (χ2n) is 7.93. The van der Waals surface area contributed by atoms with E-state index in [0.717, 1.165) is 31.9 Å². The number of H-pyrrole nitrogens is 1. The fourth-order valence-electron chi connectivity index (χ4n) is 3.40. The molecule has 1 saturated carbocycles. The van der Waals surface area contributed by atoms with Gasteiger partial charge in [-0.3, -0.25) is 5.10 Å². The van der Waals surface area contributed by atoms with E-state index in [4.69, 9.17) is 9.47 Å². The number of carbonyl (C=O) groups excluding carboxylic acids is 1. The summed E-state index contributed by atoms with van der Waals surface area (Å²) in [5, 5.41) is 12.3. The number of rotatable bonds is 10. The number of anilines is 2. The molecule has 2 heterocycles. The summed E-state index contributed by atoms with van der Waals surface area (Å²) in [4.78, 5) is 16.4. The molecule has 3 rings (SSSR count). The third-order valence-electron chi connectivity index (χ3n) is 5.03. The molecule has 10 nitrogen and oxygen atoms in total. The van der Waals surface area contributed by atoms with Crippen LogP contribution in [0.2, 0.25) is 0 Å². The lowest BCUT2D eigenvalue weighted by Crippen LogP contribution is -2.35. The van der Waals surface area contributed by atoms with Crippen LogP contribution < -0.4 is 10.6 Å². The minimum absolute atomic E-state index is 0.142. The van der Waals surface area contributed by atoms with Crippen molar-refractivity contribution in [2.24, 2.45) is 0 Å². The van der Waals surface area contributed by atoms with Gasteiger partial charge in [0.25, 0.3) is 0 Å². The molecule has 170 valence electrons. The molecular formula is C20H29N5O5S. The second kappa shape index (κ2) is 10.1. The average molecular weight is 452 g/mol. The highest BCUT2D eigenvalue weighted by molar-refractivity contribution is 7.90. The predicted octanol–water partition coefficient (Wildman–Crippen LogP) is 2.92. The molecule has 2 aromatic heterocycles. The maximum absolute atomic E-state index is 12.0. The summed E-state index contributed by atoms with van der Waals surface area (Å²) in [7, 11) is -3.41. The molecule has 3 N–H and O–H groups in total. The fourth-order valence-corrected chi connectivity index (χ4v) is 4.08. The maximum atomic E-state index is 12.0. The van der Waals surface area contributed by atoms with Crippen molar-refractivity contribution in [2.75, 3.05) is 24.7 Å². The van der Waals surface area contributed by atoms with Crippen molar-refractivity contribution in [3.8, 4) is 0 Å². The molecule has 1 amide bonds. The Bertz CT molecular complexity index is 972. The first-order valence-electron chi connectivity index (χ1n) is 10.3. The molecule has 31 heavy (non-hydrogen) atoms. The predicted molar refractivity (Wildman–Crippen MR) is 115 cm³/mol. The van der Waals surface area contributed by atoms with Gasteiger partial charge < -0.3 is 20.1 Å². The van der Waals surface area contributed by atoms with Crippen LogP contribution in [0.15, 0.2) is 29.3 Å². The number of nitrogens with one attached hydrogen (secondary N) is 3. The Morgan fingerprint density at radius 1 is 1.29 bits per heavy atom. The lowest BCUT2D eigenvalue weighted by Gasteiger charge is -2.24. The van der Waals surface area contributed by atoms with Crippen molar-refractivity contribution < 1.29 is 22.7 Å². The van der Waals surface area contributed by atoms with Crippen LogP contribution in [0.3, 0.4) is 0 Å². The number of carbonyl (C=O) groups is 1. The van der Waals surface area contributed by atoms with Gasteiger partial charge in [-0.25, -0.2) is 18.2 Å². The van der Waals surface area contributed by atoms with Crippen LogP contribution in [0.1, 0.15) is 44.7 Å². The van der Waals surface area contributed by atoms with E-state index in [1.54, 1.807) is 12.3 Å². The summed E-state index contributed by atoms with van der Waals surface area (Å²) in [6.07, 6.45) is 6.89. The Morgan fingerprint density at radius 2 is 2.06 bits per heavy atom. The smallest absolute Gasteiger partial charge is 0.407 e. The number of hydrogen-bond donors (Lipinski definition) is 3. The number of amides is 1. The minimum atomic E-state index is -3.41. The third-order valence-corrected chi connectivity index (χ3v) is 6.12. The summed E-state index contributed by atoms with van der Waals surface area (Å²) in [5.74, 6) is 0.963. The number of hydrogen-bond acceptors (Lipinski definition) is 8. The first kappa shape index (κ1) is 23.0. The topological polar surface area (TPSA) is 135 Å². The quantitative estimate of drug-likeness (QED) is 0.469. The minimum Gasteiger partial charge on any atom is -0.443 e. The molecule has 0 aliphatic heterocycles. The molecule has 0 saturated heterocycles. The fraction of sp³-hybridized carbons (Fsp3) is 0.550. The van der Waals surface area contributed by atoms with Crippen LogP contribution in [0.25, 0.3) is 0 Å². The molecule has 0 spiro atoms. The van der Waals surface area contributed by atoms with E-state index in [9.17, 15) is 13.2 Å². The molecule has 0 aromatic carbocycles. The monoisotopic (exact) mass is 451 g/mol. The maximum Gasteiger partial charge on any atom is 0.407 e. The summed E-state index contributed by atoms with van der Waals surface area (Å²) in [5.41, 5.74) is 0.130. The normalized spacial score (nSPS) is 15.5. The van der Waals surface area contributed by atoms with Crippen LogP contribution >= 0.6 is 0 Å². The Kier molecular flexibility index (Phi) is 7.50. The van der Waals surface area contributed by atoms with Gasteiger partial charge in [-0.2, -0.15) is 5.10 Å². The van der Waals surface area contributed by atoms with Crippen molar-refractivity contribution in [2.45, 2.75) is 56.1 Å². The summed E-state index contributed by atoms with van der Waals surface area (Å²) < 4.78 is 35.1. The molecule has 0 radical (unpaired) electrons. The SMILES string of the molecule is CC1(OC(=O)NCCCOCc2cc(S(C)(=O)=O)cc(Nc3ccn[nH]3)n2)CCCC1. The number of alkyl carbamates (subject to hydrolysis) is 1. The molecular weight excluding hydrogens is 422 g/mol.